The van der Waals surface area contributed by atoms with Gasteiger partial charge < -0.3 is 4.74 Å². The van der Waals surface area contributed by atoms with Crippen LogP contribution >= 0.6 is 27.5 Å². The molecule has 2 aromatic rings. The number of carbonyl (C=O) groups is 2. The van der Waals surface area contributed by atoms with Crippen LogP contribution in [0.2, 0.25) is 5.02 Å². The first-order valence-electron chi connectivity index (χ1n) is 8.01. The Bertz CT molecular complexity index is 923. The third-order valence-electron chi connectivity index (χ3n) is 4.03. The maximum atomic E-state index is 12.7. The van der Waals surface area contributed by atoms with E-state index in [9.17, 15) is 14.9 Å². The first-order valence-corrected chi connectivity index (χ1v) is 9.18. The van der Waals surface area contributed by atoms with Crippen molar-refractivity contribution in [2.45, 2.75) is 19.3 Å². The first kappa shape index (κ1) is 18.4. The molecule has 7 heteroatoms. The minimum absolute atomic E-state index is 0.191. The predicted molar refractivity (Wildman–Crippen MR) is 100 cm³/mol. The SMILES string of the molecule is N#Cc1cc(Br)ccc1Oc1ccc(Cl)c(C(=O)N2CCCCC2=O)c1. The Morgan fingerprint density at radius 3 is 2.77 bits per heavy atom. The number of likely N-dealkylation sites (tertiary alicyclic amines) is 1. The summed E-state index contributed by atoms with van der Waals surface area (Å²) in [4.78, 5) is 25.9. The molecule has 1 aliphatic heterocycles. The highest BCUT2D eigenvalue weighted by molar-refractivity contribution is 9.10. The molecule has 5 nitrogen and oxygen atoms in total. The molecule has 0 N–H and O–H groups in total. The highest BCUT2D eigenvalue weighted by Gasteiger charge is 2.27. The van der Waals surface area contributed by atoms with E-state index >= 15 is 0 Å². The van der Waals surface area contributed by atoms with Gasteiger partial charge in [0, 0.05) is 17.4 Å². The molecule has 1 heterocycles. The van der Waals surface area contributed by atoms with Gasteiger partial charge in [-0.05, 0) is 49.2 Å². The molecule has 0 aromatic heterocycles. The molecular formula is C19H14BrClN2O3. The zero-order chi connectivity index (χ0) is 18.7. The summed E-state index contributed by atoms with van der Waals surface area (Å²) in [5.74, 6) is 0.108. The molecule has 1 saturated heterocycles. The number of nitrogens with zero attached hydrogens (tertiary/aromatic N) is 2. The number of benzene rings is 2. The average Bonchev–Trinajstić information content (AvgIpc) is 2.64. The number of carbonyl (C=O) groups excluding carboxylic acids is 2. The minimum atomic E-state index is -0.429. The minimum Gasteiger partial charge on any atom is -0.456 e. The summed E-state index contributed by atoms with van der Waals surface area (Å²) in [5.41, 5.74) is 0.559. The second-order valence-corrected chi connectivity index (χ2v) is 7.13. The second-order valence-electron chi connectivity index (χ2n) is 5.80. The first-order chi connectivity index (χ1) is 12.5. The van der Waals surface area contributed by atoms with Crippen LogP contribution in [0.5, 0.6) is 11.5 Å². The van der Waals surface area contributed by atoms with Crippen LogP contribution in [-0.4, -0.2) is 23.3 Å². The number of hydrogen-bond acceptors (Lipinski definition) is 4. The zero-order valence-corrected chi connectivity index (χ0v) is 16.0. The summed E-state index contributed by atoms with van der Waals surface area (Å²) in [5, 5.41) is 9.48. The third-order valence-corrected chi connectivity index (χ3v) is 4.85. The van der Waals surface area contributed by atoms with E-state index in [2.05, 4.69) is 22.0 Å². The predicted octanol–water partition coefficient (Wildman–Crippen LogP) is 4.92. The van der Waals surface area contributed by atoms with Crippen molar-refractivity contribution < 1.29 is 14.3 Å². The Labute approximate surface area is 164 Å². The van der Waals surface area contributed by atoms with Gasteiger partial charge in [-0.3, -0.25) is 14.5 Å². The fourth-order valence-electron chi connectivity index (χ4n) is 2.70. The summed E-state index contributed by atoms with van der Waals surface area (Å²) in [6.07, 6.45) is 1.94. The van der Waals surface area contributed by atoms with Crippen molar-refractivity contribution in [2.24, 2.45) is 0 Å². The van der Waals surface area contributed by atoms with Gasteiger partial charge in [-0.2, -0.15) is 5.26 Å². The van der Waals surface area contributed by atoms with E-state index in [-0.39, 0.29) is 16.5 Å². The molecule has 0 saturated carbocycles. The number of nitriles is 1. The van der Waals surface area contributed by atoms with Gasteiger partial charge in [-0.1, -0.05) is 27.5 Å². The number of piperidine rings is 1. The third kappa shape index (κ3) is 3.90. The molecular weight excluding hydrogens is 420 g/mol. The van der Waals surface area contributed by atoms with E-state index < -0.39 is 5.91 Å². The summed E-state index contributed by atoms with van der Waals surface area (Å²) in [6.45, 7) is 0.393. The maximum absolute atomic E-state index is 12.7. The number of halogens is 2. The standard InChI is InChI=1S/C19H14BrClN2O3/c20-13-4-7-17(12(9-13)11-22)26-14-5-6-16(21)15(10-14)19(25)23-8-2-1-3-18(23)24/h4-7,9-10H,1-3,8H2. The second kappa shape index (κ2) is 7.90. The van der Waals surface area contributed by atoms with Crippen LogP contribution < -0.4 is 4.74 Å². The molecule has 26 heavy (non-hydrogen) atoms. The van der Waals surface area contributed by atoms with E-state index in [1.165, 1.54) is 11.0 Å². The Kier molecular flexibility index (Phi) is 5.60. The summed E-state index contributed by atoms with van der Waals surface area (Å²) < 4.78 is 6.52. The number of imide groups is 1. The lowest BCUT2D eigenvalue weighted by molar-refractivity contribution is -0.130. The van der Waals surface area contributed by atoms with Crippen LogP contribution in [0.4, 0.5) is 0 Å². The van der Waals surface area contributed by atoms with E-state index in [4.69, 9.17) is 16.3 Å². The fourth-order valence-corrected chi connectivity index (χ4v) is 3.26. The molecule has 0 aliphatic carbocycles. The summed E-state index contributed by atoms with van der Waals surface area (Å²) in [6, 6.07) is 11.8. The molecule has 1 aliphatic rings. The average molecular weight is 434 g/mol. The number of hydrogen-bond donors (Lipinski definition) is 0. The normalized spacial score (nSPS) is 14.0. The Morgan fingerprint density at radius 1 is 1.23 bits per heavy atom. The van der Waals surface area contributed by atoms with Crippen LogP contribution in [0.25, 0.3) is 0 Å². The van der Waals surface area contributed by atoms with E-state index in [1.54, 1.807) is 30.3 Å². The van der Waals surface area contributed by atoms with Crippen LogP contribution in [0.15, 0.2) is 40.9 Å². The molecule has 0 unspecified atom stereocenters. The topological polar surface area (TPSA) is 70.4 Å². The van der Waals surface area contributed by atoms with Gasteiger partial charge in [-0.25, -0.2) is 0 Å². The fraction of sp³-hybridized carbons (Fsp3) is 0.211. The highest BCUT2D eigenvalue weighted by atomic mass is 79.9. The van der Waals surface area contributed by atoms with Crippen molar-refractivity contribution in [3.63, 3.8) is 0 Å². The molecule has 0 bridgehead atoms. The molecule has 132 valence electrons. The van der Waals surface area contributed by atoms with E-state index in [0.717, 1.165) is 17.3 Å². The quantitative estimate of drug-likeness (QED) is 0.644. The largest absolute Gasteiger partial charge is 0.456 e. The van der Waals surface area contributed by atoms with Crippen molar-refractivity contribution >= 4 is 39.3 Å². The van der Waals surface area contributed by atoms with Gasteiger partial charge in [0.05, 0.1) is 16.1 Å². The lowest BCUT2D eigenvalue weighted by atomic mass is 10.1. The van der Waals surface area contributed by atoms with Gasteiger partial charge in [-0.15, -0.1) is 0 Å². The Hall–Kier alpha value is -2.36. The van der Waals surface area contributed by atoms with E-state index in [0.29, 0.717) is 30.0 Å². The van der Waals surface area contributed by atoms with Crippen molar-refractivity contribution in [3.05, 3.63) is 57.0 Å². The van der Waals surface area contributed by atoms with Crippen molar-refractivity contribution in [1.82, 2.24) is 4.90 Å². The lowest BCUT2D eigenvalue weighted by Gasteiger charge is -2.25. The van der Waals surface area contributed by atoms with Gasteiger partial charge in [0.1, 0.15) is 17.6 Å². The van der Waals surface area contributed by atoms with Gasteiger partial charge >= 0.3 is 0 Å². The van der Waals surface area contributed by atoms with Gasteiger partial charge in [0.25, 0.3) is 5.91 Å². The lowest BCUT2D eigenvalue weighted by Crippen LogP contribution is -2.40. The molecule has 0 radical (unpaired) electrons. The van der Waals surface area contributed by atoms with Crippen LogP contribution in [0.3, 0.4) is 0 Å². The van der Waals surface area contributed by atoms with Gasteiger partial charge in [0.2, 0.25) is 5.91 Å². The monoisotopic (exact) mass is 432 g/mol. The van der Waals surface area contributed by atoms with Crippen molar-refractivity contribution in [3.8, 4) is 17.6 Å². The van der Waals surface area contributed by atoms with Crippen molar-refractivity contribution in [2.75, 3.05) is 6.54 Å². The number of ether oxygens (including phenoxy) is 1. The van der Waals surface area contributed by atoms with Crippen molar-refractivity contribution in [1.29, 1.82) is 5.26 Å². The number of amides is 2. The molecule has 2 amide bonds. The molecule has 0 atom stereocenters. The molecule has 2 aromatic carbocycles. The Morgan fingerprint density at radius 2 is 2.04 bits per heavy atom. The van der Waals surface area contributed by atoms with Crippen LogP contribution in [-0.2, 0) is 4.79 Å². The summed E-state index contributed by atoms with van der Waals surface area (Å²) in [7, 11) is 0. The maximum Gasteiger partial charge on any atom is 0.262 e. The molecule has 0 spiro atoms. The molecule has 3 rings (SSSR count). The van der Waals surface area contributed by atoms with Crippen LogP contribution in [0, 0.1) is 11.3 Å². The van der Waals surface area contributed by atoms with E-state index in [1.807, 2.05) is 0 Å². The highest BCUT2D eigenvalue weighted by Crippen LogP contribution is 2.31. The van der Waals surface area contributed by atoms with Crippen LogP contribution in [0.1, 0.15) is 35.2 Å². The smallest absolute Gasteiger partial charge is 0.262 e. The number of rotatable bonds is 3. The summed E-state index contributed by atoms with van der Waals surface area (Å²) >= 11 is 9.47. The van der Waals surface area contributed by atoms with Gasteiger partial charge in [0.15, 0.2) is 0 Å². The Balaban J connectivity index is 1.90. The molecule has 1 fully saturated rings. The zero-order valence-electron chi connectivity index (χ0n) is 13.7.